The maximum atomic E-state index is 11.3. The van der Waals surface area contributed by atoms with Gasteiger partial charge in [-0.2, -0.15) is 0 Å². The first-order chi connectivity index (χ1) is 15.0. The zero-order valence-corrected chi connectivity index (χ0v) is 17.0. The van der Waals surface area contributed by atoms with Gasteiger partial charge in [0.2, 0.25) is 0 Å². The van der Waals surface area contributed by atoms with Crippen molar-refractivity contribution >= 4 is 23.1 Å². The Labute approximate surface area is 182 Å². The number of nitro groups is 2. The molecule has 0 aliphatic rings. The molecular weight excluding hydrogens is 412 g/mol. The third-order valence-corrected chi connectivity index (χ3v) is 5.89. The molecule has 152 valence electrons. The Hall–Kier alpha value is -3.97. The van der Waals surface area contributed by atoms with Gasteiger partial charge in [0.1, 0.15) is 0 Å². The second-order valence-electron chi connectivity index (χ2n) is 6.71. The maximum absolute atomic E-state index is 11.3. The highest BCUT2D eigenvalue weighted by Gasteiger charge is 2.17. The lowest BCUT2D eigenvalue weighted by Gasteiger charge is -2.13. The van der Waals surface area contributed by atoms with E-state index < -0.39 is 9.85 Å². The van der Waals surface area contributed by atoms with Gasteiger partial charge in [-0.05, 0) is 23.3 Å². The second kappa shape index (κ2) is 8.81. The van der Waals surface area contributed by atoms with E-state index in [-0.39, 0.29) is 11.4 Å². The van der Waals surface area contributed by atoms with Crippen molar-refractivity contribution in [2.24, 2.45) is 0 Å². The van der Waals surface area contributed by atoms with Crippen LogP contribution in [0.2, 0.25) is 0 Å². The molecule has 0 heterocycles. The molecule has 0 atom stereocenters. The molecule has 31 heavy (non-hydrogen) atoms. The predicted molar refractivity (Wildman–Crippen MR) is 121 cm³/mol. The van der Waals surface area contributed by atoms with Gasteiger partial charge in [-0.25, -0.2) is 0 Å². The van der Waals surface area contributed by atoms with Gasteiger partial charge >= 0.3 is 0 Å². The molecular formula is C24H16N2O4S. The van der Waals surface area contributed by atoms with Gasteiger partial charge in [-0.3, -0.25) is 20.2 Å². The van der Waals surface area contributed by atoms with Crippen molar-refractivity contribution in [3.8, 4) is 22.3 Å². The minimum Gasteiger partial charge on any atom is -0.258 e. The molecule has 0 saturated heterocycles. The van der Waals surface area contributed by atoms with E-state index in [0.29, 0.717) is 0 Å². The van der Waals surface area contributed by atoms with Gasteiger partial charge in [0, 0.05) is 45.2 Å². The van der Waals surface area contributed by atoms with Crippen LogP contribution >= 0.6 is 11.8 Å². The number of rotatable bonds is 6. The van der Waals surface area contributed by atoms with E-state index in [4.69, 9.17) is 0 Å². The van der Waals surface area contributed by atoms with Crippen molar-refractivity contribution in [3.63, 3.8) is 0 Å². The minimum absolute atomic E-state index is 0.00943. The lowest BCUT2D eigenvalue weighted by molar-refractivity contribution is -0.385. The van der Waals surface area contributed by atoms with E-state index >= 15 is 0 Å². The van der Waals surface area contributed by atoms with Crippen LogP contribution in [-0.4, -0.2) is 9.85 Å². The van der Waals surface area contributed by atoms with Crippen LogP contribution < -0.4 is 0 Å². The summed E-state index contributed by atoms with van der Waals surface area (Å²) in [5, 5.41) is 22.7. The zero-order chi connectivity index (χ0) is 21.8. The number of nitro benzene ring substituents is 2. The third kappa shape index (κ3) is 4.46. The number of benzene rings is 4. The normalized spacial score (nSPS) is 10.6. The summed E-state index contributed by atoms with van der Waals surface area (Å²) in [5.41, 5.74) is 3.20. The summed E-state index contributed by atoms with van der Waals surface area (Å²) in [6.45, 7) is 0. The lowest BCUT2D eigenvalue weighted by atomic mass is 10.0. The molecule has 4 rings (SSSR count). The van der Waals surface area contributed by atoms with Gasteiger partial charge in [-0.15, -0.1) is 0 Å². The van der Waals surface area contributed by atoms with Crippen molar-refractivity contribution in [1.82, 2.24) is 0 Å². The molecule has 0 bridgehead atoms. The standard InChI is InChI=1S/C24H16N2O4S/c27-25(28)19-11-13-23(21(15-19)17-7-3-1-4-8-17)31-24-14-12-20(26(29)30)16-22(24)18-9-5-2-6-10-18/h1-16H. The van der Waals surface area contributed by atoms with E-state index in [2.05, 4.69) is 0 Å². The Balaban J connectivity index is 1.84. The van der Waals surface area contributed by atoms with Crippen molar-refractivity contribution in [2.45, 2.75) is 9.79 Å². The van der Waals surface area contributed by atoms with Crippen LogP contribution in [0.4, 0.5) is 11.4 Å². The Bertz CT molecular complexity index is 1160. The first-order valence-corrected chi connectivity index (χ1v) is 10.2. The summed E-state index contributed by atoms with van der Waals surface area (Å²) in [7, 11) is 0. The average molecular weight is 428 g/mol. The number of hydrogen-bond acceptors (Lipinski definition) is 5. The van der Waals surface area contributed by atoms with Crippen LogP contribution in [0.1, 0.15) is 0 Å². The van der Waals surface area contributed by atoms with Crippen molar-refractivity contribution < 1.29 is 9.85 Å². The summed E-state index contributed by atoms with van der Waals surface area (Å²) < 4.78 is 0. The summed E-state index contributed by atoms with van der Waals surface area (Å²) in [6.07, 6.45) is 0. The van der Waals surface area contributed by atoms with Crippen molar-refractivity contribution in [2.75, 3.05) is 0 Å². The number of hydrogen-bond donors (Lipinski definition) is 0. The van der Waals surface area contributed by atoms with Crippen molar-refractivity contribution in [3.05, 3.63) is 117 Å². The zero-order valence-electron chi connectivity index (χ0n) is 16.2. The van der Waals surface area contributed by atoms with Gasteiger partial charge in [0.25, 0.3) is 11.4 Å². The monoisotopic (exact) mass is 428 g/mol. The molecule has 0 aliphatic carbocycles. The smallest absolute Gasteiger partial charge is 0.258 e. The largest absolute Gasteiger partial charge is 0.270 e. The van der Waals surface area contributed by atoms with Gasteiger partial charge in [0.05, 0.1) is 9.85 Å². The first-order valence-electron chi connectivity index (χ1n) is 9.38. The van der Waals surface area contributed by atoms with Crippen LogP contribution in [0.3, 0.4) is 0 Å². The number of nitrogens with zero attached hydrogens (tertiary/aromatic N) is 2. The van der Waals surface area contributed by atoms with E-state index in [9.17, 15) is 20.2 Å². The minimum atomic E-state index is -0.415. The van der Waals surface area contributed by atoms with Crippen LogP contribution in [0, 0.1) is 20.2 Å². The van der Waals surface area contributed by atoms with Crippen molar-refractivity contribution in [1.29, 1.82) is 0 Å². The SMILES string of the molecule is O=[N+]([O-])c1ccc(Sc2ccc([N+](=O)[O-])cc2-c2ccccc2)c(-c2ccccc2)c1. The van der Waals surface area contributed by atoms with E-state index in [0.717, 1.165) is 32.0 Å². The molecule has 0 spiro atoms. The maximum Gasteiger partial charge on any atom is 0.270 e. The second-order valence-corrected chi connectivity index (χ2v) is 7.79. The highest BCUT2D eigenvalue weighted by atomic mass is 32.2. The fraction of sp³-hybridized carbons (Fsp3) is 0. The molecule has 0 radical (unpaired) electrons. The predicted octanol–water partition coefficient (Wildman–Crippen LogP) is 6.99. The number of non-ortho nitro benzene ring substituents is 2. The molecule has 4 aromatic rings. The van der Waals surface area contributed by atoms with E-state index in [1.807, 2.05) is 60.7 Å². The van der Waals surface area contributed by atoms with E-state index in [1.165, 1.54) is 23.9 Å². The highest BCUT2D eigenvalue weighted by Crippen LogP contribution is 2.42. The van der Waals surface area contributed by atoms with Crippen LogP contribution in [0.25, 0.3) is 22.3 Å². The van der Waals surface area contributed by atoms with E-state index in [1.54, 1.807) is 24.3 Å². The van der Waals surface area contributed by atoms with Gasteiger partial charge in [-0.1, -0.05) is 72.4 Å². The molecule has 6 nitrogen and oxygen atoms in total. The van der Waals surface area contributed by atoms with Gasteiger partial charge in [0.15, 0.2) is 0 Å². The highest BCUT2D eigenvalue weighted by molar-refractivity contribution is 7.99. The van der Waals surface area contributed by atoms with Crippen LogP contribution in [0.15, 0.2) is 107 Å². The summed E-state index contributed by atoms with van der Waals surface area (Å²) in [6, 6.07) is 28.4. The third-order valence-electron chi connectivity index (χ3n) is 4.74. The first kappa shape index (κ1) is 20.3. The Morgan fingerprint density at radius 3 is 1.29 bits per heavy atom. The molecule has 0 N–H and O–H groups in total. The Morgan fingerprint density at radius 1 is 0.548 bits per heavy atom. The quantitative estimate of drug-likeness (QED) is 0.244. The molecule has 0 saturated carbocycles. The fourth-order valence-electron chi connectivity index (χ4n) is 3.25. The van der Waals surface area contributed by atoms with Gasteiger partial charge < -0.3 is 0 Å². The summed E-state index contributed by atoms with van der Waals surface area (Å²) in [5.74, 6) is 0. The molecule has 4 aromatic carbocycles. The Morgan fingerprint density at radius 2 is 0.935 bits per heavy atom. The average Bonchev–Trinajstić information content (AvgIpc) is 2.80. The molecule has 0 unspecified atom stereocenters. The fourth-order valence-corrected chi connectivity index (χ4v) is 4.33. The van der Waals surface area contributed by atoms with Crippen LogP contribution in [0.5, 0.6) is 0 Å². The summed E-state index contributed by atoms with van der Waals surface area (Å²) >= 11 is 1.43. The summed E-state index contributed by atoms with van der Waals surface area (Å²) in [4.78, 5) is 23.5. The topological polar surface area (TPSA) is 86.3 Å². The molecule has 0 fully saturated rings. The molecule has 0 amide bonds. The molecule has 7 heteroatoms. The lowest BCUT2D eigenvalue weighted by Crippen LogP contribution is -1.92. The molecule has 0 aliphatic heterocycles. The Kier molecular flexibility index (Phi) is 5.77. The van der Waals surface area contributed by atoms with Crippen LogP contribution in [-0.2, 0) is 0 Å². The molecule has 0 aromatic heterocycles.